The fraction of sp³-hybridized carbons (Fsp3) is 0.571. The van der Waals surface area contributed by atoms with Crippen LogP contribution in [0.4, 0.5) is 0 Å². The van der Waals surface area contributed by atoms with Gasteiger partial charge in [-0.15, -0.1) is 0 Å². The van der Waals surface area contributed by atoms with Crippen molar-refractivity contribution in [3.63, 3.8) is 0 Å². The Labute approximate surface area is 92.1 Å². The Hall–Kier alpha value is -0.820. The van der Waals surface area contributed by atoms with Gasteiger partial charge in [0.15, 0.2) is 0 Å². The highest BCUT2D eigenvalue weighted by Gasteiger charge is 2.34. The van der Waals surface area contributed by atoms with Crippen LogP contribution in [0.3, 0.4) is 0 Å². The predicted molar refractivity (Wildman–Crippen MR) is 63.1 cm³/mol. The molecule has 1 heteroatoms. The summed E-state index contributed by atoms with van der Waals surface area (Å²) >= 11 is 0. The Bertz CT molecular complexity index is 391. The maximum atomic E-state index is 10.4. The van der Waals surface area contributed by atoms with Crippen molar-refractivity contribution in [2.75, 3.05) is 0 Å². The highest BCUT2D eigenvalue weighted by molar-refractivity contribution is 5.46. The Morgan fingerprint density at radius 3 is 2.47 bits per heavy atom. The van der Waals surface area contributed by atoms with Gasteiger partial charge in [0.05, 0.1) is 5.60 Å². The third-order valence-electron chi connectivity index (χ3n) is 3.77. The van der Waals surface area contributed by atoms with Crippen LogP contribution in [0.1, 0.15) is 54.9 Å². The number of aliphatic hydroxyl groups is 1. The Morgan fingerprint density at radius 1 is 1.27 bits per heavy atom. The van der Waals surface area contributed by atoms with E-state index in [2.05, 4.69) is 32.9 Å². The molecule has 82 valence electrons. The SMILES string of the molecule is Cc1ccc(C)c2c1C(C)CCC2(C)O. The number of rotatable bonds is 0. The lowest BCUT2D eigenvalue weighted by atomic mass is 9.72. The average molecular weight is 204 g/mol. The van der Waals surface area contributed by atoms with Gasteiger partial charge in [0.1, 0.15) is 0 Å². The molecule has 0 amide bonds. The van der Waals surface area contributed by atoms with Crippen molar-refractivity contribution in [3.05, 3.63) is 34.4 Å². The first-order chi connectivity index (χ1) is 6.93. The van der Waals surface area contributed by atoms with Gasteiger partial charge in [-0.1, -0.05) is 19.1 Å². The Morgan fingerprint density at radius 2 is 1.87 bits per heavy atom. The summed E-state index contributed by atoms with van der Waals surface area (Å²) in [5.41, 5.74) is 4.49. The van der Waals surface area contributed by atoms with E-state index in [0.717, 1.165) is 12.8 Å². The fourth-order valence-corrected chi connectivity index (χ4v) is 2.95. The molecule has 15 heavy (non-hydrogen) atoms. The largest absolute Gasteiger partial charge is 0.385 e. The van der Waals surface area contributed by atoms with Gasteiger partial charge in [-0.05, 0) is 61.8 Å². The summed E-state index contributed by atoms with van der Waals surface area (Å²) < 4.78 is 0. The normalized spacial score (nSPS) is 30.1. The second-order valence-electron chi connectivity index (χ2n) is 5.20. The highest BCUT2D eigenvalue weighted by Crippen LogP contribution is 2.43. The van der Waals surface area contributed by atoms with Crippen LogP contribution < -0.4 is 0 Å². The molecule has 1 aliphatic rings. The van der Waals surface area contributed by atoms with Crippen molar-refractivity contribution < 1.29 is 5.11 Å². The second-order valence-corrected chi connectivity index (χ2v) is 5.20. The van der Waals surface area contributed by atoms with Crippen LogP contribution in [-0.4, -0.2) is 5.11 Å². The highest BCUT2D eigenvalue weighted by atomic mass is 16.3. The zero-order chi connectivity index (χ0) is 11.2. The number of hydrogen-bond acceptors (Lipinski definition) is 1. The smallest absolute Gasteiger partial charge is 0.0874 e. The first-order valence-corrected chi connectivity index (χ1v) is 5.76. The van der Waals surface area contributed by atoms with E-state index >= 15 is 0 Å². The topological polar surface area (TPSA) is 20.2 Å². The molecule has 0 spiro atoms. The Balaban J connectivity index is 2.72. The van der Waals surface area contributed by atoms with Crippen LogP contribution in [0.25, 0.3) is 0 Å². The van der Waals surface area contributed by atoms with Gasteiger partial charge in [-0.25, -0.2) is 0 Å². The van der Waals surface area contributed by atoms with E-state index in [1.807, 2.05) is 6.92 Å². The number of benzene rings is 1. The quantitative estimate of drug-likeness (QED) is 0.686. The van der Waals surface area contributed by atoms with Crippen LogP contribution in [0.5, 0.6) is 0 Å². The molecule has 1 nitrogen and oxygen atoms in total. The van der Waals surface area contributed by atoms with E-state index in [9.17, 15) is 5.11 Å². The molecular weight excluding hydrogens is 184 g/mol. The third-order valence-corrected chi connectivity index (χ3v) is 3.77. The second kappa shape index (κ2) is 3.34. The molecular formula is C14H20O. The van der Waals surface area contributed by atoms with Gasteiger partial charge in [0.2, 0.25) is 0 Å². The van der Waals surface area contributed by atoms with Gasteiger partial charge in [-0.2, -0.15) is 0 Å². The van der Waals surface area contributed by atoms with Gasteiger partial charge in [-0.3, -0.25) is 0 Å². The van der Waals surface area contributed by atoms with Crippen LogP contribution in [0, 0.1) is 13.8 Å². The zero-order valence-electron chi connectivity index (χ0n) is 10.1. The van der Waals surface area contributed by atoms with Crippen LogP contribution in [-0.2, 0) is 5.60 Å². The third kappa shape index (κ3) is 1.59. The maximum Gasteiger partial charge on any atom is 0.0874 e. The van der Waals surface area contributed by atoms with Gasteiger partial charge < -0.3 is 5.11 Å². The van der Waals surface area contributed by atoms with E-state index in [0.29, 0.717) is 5.92 Å². The summed E-state index contributed by atoms with van der Waals surface area (Å²) in [6.45, 7) is 8.46. The summed E-state index contributed by atoms with van der Waals surface area (Å²) in [5.74, 6) is 0.583. The summed E-state index contributed by atoms with van der Waals surface area (Å²) in [5, 5.41) is 10.4. The Kier molecular flexibility index (Phi) is 2.38. The molecule has 1 aliphatic carbocycles. The molecule has 2 atom stereocenters. The lowest BCUT2D eigenvalue weighted by Crippen LogP contribution is -2.30. The van der Waals surface area contributed by atoms with Crippen molar-refractivity contribution in [2.45, 2.75) is 52.1 Å². The van der Waals surface area contributed by atoms with Crippen LogP contribution in [0.2, 0.25) is 0 Å². The molecule has 1 aromatic rings. The predicted octanol–water partition coefficient (Wildman–Crippen LogP) is 3.41. The molecule has 2 rings (SSSR count). The first kappa shape index (κ1) is 10.7. The molecule has 1 aromatic carbocycles. The van der Waals surface area contributed by atoms with Crippen LogP contribution in [0.15, 0.2) is 12.1 Å². The number of fused-ring (bicyclic) bond motifs is 1. The number of aryl methyl sites for hydroxylation is 2. The minimum Gasteiger partial charge on any atom is -0.385 e. The summed E-state index contributed by atoms with van der Waals surface area (Å²) in [7, 11) is 0. The van der Waals surface area contributed by atoms with Crippen molar-refractivity contribution in [1.82, 2.24) is 0 Å². The summed E-state index contributed by atoms with van der Waals surface area (Å²) in [6, 6.07) is 4.30. The standard InChI is InChI=1S/C14H20O/c1-9-5-6-11(3)13-12(9)10(2)7-8-14(13,4)15/h5-6,10,15H,7-8H2,1-4H3. The minimum absolute atomic E-state index is 0.583. The molecule has 0 aliphatic heterocycles. The number of hydrogen-bond donors (Lipinski definition) is 1. The van der Waals surface area contributed by atoms with Gasteiger partial charge in [0.25, 0.3) is 0 Å². The summed E-state index contributed by atoms with van der Waals surface area (Å²) in [6.07, 6.45) is 1.97. The van der Waals surface area contributed by atoms with Crippen molar-refractivity contribution in [3.8, 4) is 0 Å². The summed E-state index contributed by atoms with van der Waals surface area (Å²) in [4.78, 5) is 0. The van der Waals surface area contributed by atoms with E-state index in [1.54, 1.807) is 0 Å². The minimum atomic E-state index is -0.627. The van der Waals surface area contributed by atoms with E-state index in [-0.39, 0.29) is 0 Å². The molecule has 0 saturated carbocycles. The van der Waals surface area contributed by atoms with Crippen LogP contribution >= 0.6 is 0 Å². The molecule has 2 unspecified atom stereocenters. The van der Waals surface area contributed by atoms with E-state index < -0.39 is 5.60 Å². The lowest BCUT2D eigenvalue weighted by molar-refractivity contribution is 0.0345. The van der Waals surface area contributed by atoms with E-state index in [4.69, 9.17) is 0 Å². The molecule has 0 fully saturated rings. The van der Waals surface area contributed by atoms with E-state index in [1.165, 1.54) is 22.3 Å². The first-order valence-electron chi connectivity index (χ1n) is 5.76. The average Bonchev–Trinajstić information content (AvgIpc) is 2.16. The fourth-order valence-electron chi connectivity index (χ4n) is 2.95. The van der Waals surface area contributed by atoms with Crippen molar-refractivity contribution in [1.29, 1.82) is 0 Å². The molecule has 0 aromatic heterocycles. The molecule has 0 bridgehead atoms. The van der Waals surface area contributed by atoms with Gasteiger partial charge in [0, 0.05) is 0 Å². The lowest BCUT2D eigenvalue weighted by Gasteiger charge is -2.37. The maximum absolute atomic E-state index is 10.4. The zero-order valence-corrected chi connectivity index (χ0v) is 10.1. The van der Waals surface area contributed by atoms with Crippen molar-refractivity contribution >= 4 is 0 Å². The molecule has 1 N–H and O–H groups in total. The molecule has 0 saturated heterocycles. The van der Waals surface area contributed by atoms with Crippen molar-refractivity contribution in [2.24, 2.45) is 0 Å². The molecule has 0 radical (unpaired) electrons. The molecule has 0 heterocycles. The monoisotopic (exact) mass is 204 g/mol. The van der Waals surface area contributed by atoms with Gasteiger partial charge >= 0.3 is 0 Å².